The second-order valence-electron chi connectivity index (χ2n) is 12.7. The van der Waals surface area contributed by atoms with E-state index in [4.69, 9.17) is 61.6 Å². The molecular weight excluding hydrogens is 774 g/mol. The van der Waals surface area contributed by atoms with Gasteiger partial charge in [0.1, 0.15) is 6.61 Å². The molecule has 334 valence electrons. The van der Waals surface area contributed by atoms with E-state index in [1.807, 2.05) is 24.3 Å². The summed E-state index contributed by atoms with van der Waals surface area (Å²) < 4.78 is 70.7. The lowest BCUT2D eigenvalue weighted by Gasteiger charge is -2.14. The van der Waals surface area contributed by atoms with Crippen molar-refractivity contribution in [2.24, 2.45) is 0 Å². The average Bonchev–Trinajstić information content (AvgIpc) is 3.57. The van der Waals surface area contributed by atoms with Crippen LogP contribution in [0.5, 0.6) is 0 Å². The van der Waals surface area contributed by atoms with E-state index in [9.17, 15) is 14.7 Å². The zero-order chi connectivity index (χ0) is 41.7. The summed E-state index contributed by atoms with van der Waals surface area (Å²) in [5, 5.41) is 13.0. The summed E-state index contributed by atoms with van der Waals surface area (Å²) in [5.74, 6) is -1.10. The molecule has 17 heteroatoms. The second-order valence-corrected chi connectivity index (χ2v) is 12.7. The minimum atomic E-state index is -1.13. The zero-order valence-corrected chi connectivity index (χ0v) is 34.3. The molecule has 0 spiro atoms. The Kier molecular flexibility index (Phi) is 30.1. The number of alkyl carbamates (subject to hydrolysis) is 1. The Bertz CT molecular complexity index is 1290. The fraction of sp³-hybridized carbons (Fsp3) is 0.667. The van der Waals surface area contributed by atoms with Crippen LogP contribution < -0.4 is 10.4 Å². The average molecular weight is 839 g/mol. The highest BCUT2D eigenvalue weighted by Crippen LogP contribution is 2.44. The lowest BCUT2D eigenvalue weighted by molar-refractivity contribution is -0.306. The fourth-order valence-electron chi connectivity index (χ4n) is 5.55. The van der Waals surface area contributed by atoms with Crippen molar-refractivity contribution in [3.63, 3.8) is 0 Å². The maximum atomic E-state index is 12.3. The van der Waals surface area contributed by atoms with Crippen LogP contribution in [0.1, 0.15) is 23.5 Å². The molecule has 2 aromatic carbocycles. The van der Waals surface area contributed by atoms with Gasteiger partial charge in [0.25, 0.3) is 0 Å². The van der Waals surface area contributed by atoms with Gasteiger partial charge in [-0.2, -0.15) is 0 Å². The molecule has 0 unspecified atom stereocenters. The minimum absolute atomic E-state index is 0.0305. The van der Waals surface area contributed by atoms with E-state index in [0.717, 1.165) is 0 Å². The first kappa shape index (κ1) is 50.1. The van der Waals surface area contributed by atoms with Crippen LogP contribution in [0.15, 0.2) is 48.5 Å². The van der Waals surface area contributed by atoms with Crippen molar-refractivity contribution in [1.82, 2.24) is 5.32 Å². The number of hydrogen-bond acceptors (Lipinski definition) is 16. The second kappa shape index (κ2) is 35.5. The van der Waals surface area contributed by atoms with Crippen LogP contribution in [0.2, 0.25) is 0 Å². The number of amides is 1. The lowest BCUT2D eigenvalue weighted by atomic mass is 9.98. The number of carboxylic acids is 1. The Labute approximate surface area is 348 Å². The number of rotatable bonds is 41. The van der Waals surface area contributed by atoms with E-state index in [2.05, 4.69) is 29.6 Å². The van der Waals surface area contributed by atoms with E-state index in [-0.39, 0.29) is 25.6 Å². The number of fused-ring (bicyclic) bond motifs is 3. The number of benzene rings is 2. The van der Waals surface area contributed by atoms with E-state index in [1.54, 1.807) is 0 Å². The van der Waals surface area contributed by atoms with Crippen LogP contribution in [-0.4, -0.2) is 184 Å². The van der Waals surface area contributed by atoms with Gasteiger partial charge in [-0.1, -0.05) is 48.5 Å². The largest absolute Gasteiger partial charge is 0.550 e. The SMILES string of the molecule is O=C([O-])CCOCCOCCOCCOCCOCCOCCOCCOCCOCCOCCOCCOCCNC(=O)OCC1c2ccccc2-c2ccccc21. The van der Waals surface area contributed by atoms with Crippen molar-refractivity contribution in [1.29, 1.82) is 0 Å². The van der Waals surface area contributed by atoms with Gasteiger partial charge < -0.3 is 76.8 Å². The molecule has 3 rings (SSSR count). The third kappa shape index (κ3) is 25.2. The van der Waals surface area contributed by atoms with Crippen LogP contribution in [0.3, 0.4) is 0 Å². The number of hydrogen-bond donors (Lipinski definition) is 1. The monoisotopic (exact) mass is 838 g/mol. The molecule has 1 aliphatic rings. The predicted molar refractivity (Wildman–Crippen MR) is 213 cm³/mol. The van der Waals surface area contributed by atoms with Gasteiger partial charge >= 0.3 is 6.09 Å². The summed E-state index contributed by atoms with van der Waals surface area (Å²) in [6.07, 6.45) is -0.577. The molecule has 0 saturated heterocycles. The Morgan fingerprint density at radius 3 is 1.03 bits per heavy atom. The third-order valence-corrected chi connectivity index (χ3v) is 8.40. The first-order valence-electron chi connectivity index (χ1n) is 20.4. The van der Waals surface area contributed by atoms with Crippen LogP contribution in [0, 0.1) is 0 Å². The summed E-state index contributed by atoms with van der Waals surface area (Å²) in [5.41, 5.74) is 4.75. The first-order valence-corrected chi connectivity index (χ1v) is 20.4. The third-order valence-electron chi connectivity index (χ3n) is 8.40. The van der Waals surface area contributed by atoms with Gasteiger partial charge in [-0.3, -0.25) is 0 Å². The zero-order valence-electron chi connectivity index (χ0n) is 34.3. The van der Waals surface area contributed by atoms with Crippen molar-refractivity contribution in [3.8, 4) is 11.1 Å². The van der Waals surface area contributed by atoms with Gasteiger partial charge in [-0.25, -0.2) is 4.79 Å². The Hall–Kier alpha value is -3.30. The quantitative estimate of drug-likeness (QED) is 0.0955. The first-order chi connectivity index (χ1) is 29.2. The standard InChI is InChI=1S/C42H65NO16/c44-41(45)9-11-47-13-15-49-17-19-51-21-23-53-25-27-55-29-31-57-33-34-58-32-30-56-28-26-54-24-22-52-20-18-50-16-14-48-12-10-43-42(46)59-35-40-38-7-3-1-5-36(38)37-6-2-4-8-39(37)40/h1-8,40H,9-35H2,(H,43,46)(H,44,45)/p-1. The number of carboxylic acid groups (broad SMARTS) is 1. The molecule has 17 nitrogen and oxygen atoms in total. The van der Waals surface area contributed by atoms with Gasteiger partial charge in [0.15, 0.2) is 0 Å². The molecule has 0 saturated carbocycles. The van der Waals surface area contributed by atoms with E-state index >= 15 is 0 Å². The van der Waals surface area contributed by atoms with Gasteiger partial charge in [-0.15, -0.1) is 0 Å². The summed E-state index contributed by atoms with van der Waals surface area (Å²) in [6, 6.07) is 16.5. The summed E-state index contributed by atoms with van der Waals surface area (Å²) in [4.78, 5) is 22.5. The lowest BCUT2D eigenvalue weighted by Crippen LogP contribution is -2.29. The Morgan fingerprint density at radius 2 is 0.712 bits per heavy atom. The molecule has 0 atom stereocenters. The van der Waals surface area contributed by atoms with Crippen LogP contribution in [-0.2, 0) is 66.4 Å². The fourth-order valence-corrected chi connectivity index (χ4v) is 5.55. The van der Waals surface area contributed by atoms with Crippen molar-refractivity contribution in [3.05, 3.63) is 59.7 Å². The highest BCUT2D eigenvalue weighted by atomic mass is 16.6. The highest BCUT2D eigenvalue weighted by molar-refractivity contribution is 5.79. The van der Waals surface area contributed by atoms with Gasteiger partial charge in [-0.05, 0) is 22.3 Å². The van der Waals surface area contributed by atoms with Gasteiger partial charge in [0.2, 0.25) is 0 Å². The van der Waals surface area contributed by atoms with Gasteiger partial charge in [0, 0.05) is 24.9 Å². The van der Waals surface area contributed by atoms with Crippen molar-refractivity contribution >= 4 is 12.1 Å². The van der Waals surface area contributed by atoms with E-state index in [0.29, 0.717) is 159 Å². The molecule has 1 amide bonds. The van der Waals surface area contributed by atoms with Gasteiger partial charge in [0.05, 0.1) is 159 Å². The van der Waals surface area contributed by atoms with Crippen molar-refractivity contribution in [2.75, 3.05) is 172 Å². The Morgan fingerprint density at radius 1 is 0.424 bits per heavy atom. The molecule has 0 aliphatic heterocycles. The summed E-state index contributed by atoms with van der Waals surface area (Å²) >= 11 is 0. The highest BCUT2D eigenvalue weighted by Gasteiger charge is 2.29. The maximum absolute atomic E-state index is 12.3. The number of ether oxygens (including phenoxy) is 13. The number of aliphatic carboxylic acids is 1. The maximum Gasteiger partial charge on any atom is 0.407 e. The molecule has 2 aromatic rings. The predicted octanol–water partition coefficient (Wildman–Crippen LogP) is 1.86. The van der Waals surface area contributed by atoms with Crippen LogP contribution in [0.4, 0.5) is 4.79 Å². The molecule has 0 heterocycles. The van der Waals surface area contributed by atoms with E-state index < -0.39 is 12.1 Å². The molecule has 1 aliphatic carbocycles. The number of nitrogens with one attached hydrogen (secondary N) is 1. The number of carbonyl (C=O) groups is 2. The van der Waals surface area contributed by atoms with Crippen LogP contribution in [0.25, 0.3) is 11.1 Å². The van der Waals surface area contributed by atoms with E-state index in [1.165, 1.54) is 22.3 Å². The molecule has 59 heavy (non-hydrogen) atoms. The molecule has 0 bridgehead atoms. The topological polar surface area (TPSA) is 189 Å². The smallest absolute Gasteiger partial charge is 0.407 e. The molecular formula is C42H64NO16-. The normalized spacial score (nSPS) is 12.1. The minimum Gasteiger partial charge on any atom is -0.550 e. The molecule has 0 radical (unpaired) electrons. The Balaban J connectivity index is 0.924. The molecule has 1 N–H and O–H groups in total. The number of carbonyl (C=O) groups excluding carboxylic acids is 2. The molecule has 0 fully saturated rings. The van der Waals surface area contributed by atoms with Crippen LogP contribution >= 0.6 is 0 Å². The van der Waals surface area contributed by atoms with Crippen molar-refractivity contribution in [2.45, 2.75) is 12.3 Å². The summed E-state index contributed by atoms with van der Waals surface area (Å²) in [7, 11) is 0. The molecule has 0 aromatic heterocycles. The summed E-state index contributed by atoms with van der Waals surface area (Å²) in [6.45, 7) is 11.0. The van der Waals surface area contributed by atoms with Crippen molar-refractivity contribution < 1.29 is 76.3 Å².